The minimum absolute atomic E-state index is 0.0391. The average Bonchev–Trinajstić information content (AvgIpc) is 3.37. The van der Waals surface area contributed by atoms with E-state index in [0.717, 1.165) is 26.9 Å². The summed E-state index contributed by atoms with van der Waals surface area (Å²) in [5.74, 6) is -1.49. The van der Waals surface area contributed by atoms with Crippen molar-refractivity contribution >= 4 is 22.7 Å². The first-order chi connectivity index (χ1) is 20.2. The molecule has 0 aliphatic rings. The molecule has 1 aromatic heterocycles. The summed E-state index contributed by atoms with van der Waals surface area (Å²) in [6.07, 6.45) is -5.41. The van der Waals surface area contributed by atoms with Gasteiger partial charge in [-0.25, -0.2) is 0 Å². The van der Waals surface area contributed by atoms with E-state index in [0.29, 0.717) is 18.6 Å². The number of aromatic nitrogens is 1. The Hall–Kier alpha value is -4.74. The second-order valence-electron chi connectivity index (χ2n) is 9.91. The number of carbonyl (C=O) groups is 2. The summed E-state index contributed by atoms with van der Waals surface area (Å²) < 4.78 is 80.6. The van der Waals surface area contributed by atoms with Gasteiger partial charge < -0.3 is 20.3 Å². The number of fused-ring (bicyclic) bond motifs is 1. The van der Waals surface area contributed by atoms with Crippen molar-refractivity contribution in [1.82, 2.24) is 15.2 Å². The van der Waals surface area contributed by atoms with E-state index in [9.17, 15) is 41.0 Å². The molecule has 3 aromatic carbocycles. The summed E-state index contributed by atoms with van der Waals surface area (Å²) in [6, 6.07) is 13.5. The van der Waals surface area contributed by atoms with Gasteiger partial charge in [0.25, 0.3) is 5.91 Å². The van der Waals surface area contributed by atoms with Gasteiger partial charge in [-0.1, -0.05) is 36.4 Å². The van der Waals surface area contributed by atoms with Gasteiger partial charge in [0.05, 0.1) is 17.2 Å². The Morgan fingerprint density at radius 2 is 1.58 bits per heavy atom. The van der Waals surface area contributed by atoms with E-state index < -0.39 is 46.9 Å². The number of nitrogens with zero attached hydrogens (tertiary/aromatic N) is 1. The Morgan fingerprint density at radius 3 is 2.21 bits per heavy atom. The van der Waals surface area contributed by atoms with Crippen molar-refractivity contribution in [2.24, 2.45) is 0 Å². The molecule has 2 amide bonds. The number of nitrogens with one attached hydrogen (secondary N) is 2. The maximum absolute atomic E-state index is 13.4. The van der Waals surface area contributed by atoms with Crippen LogP contribution in [0.4, 0.5) is 26.3 Å². The Kier molecular flexibility index (Phi) is 9.17. The van der Waals surface area contributed by atoms with E-state index in [-0.39, 0.29) is 24.8 Å². The lowest BCUT2D eigenvalue weighted by atomic mass is 10.0. The van der Waals surface area contributed by atoms with Crippen molar-refractivity contribution in [2.75, 3.05) is 13.6 Å². The molecule has 4 aromatic rings. The summed E-state index contributed by atoms with van der Waals surface area (Å²) >= 11 is 0. The molecular formula is C31H27F6N3O3. The lowest BCUT2D eigenvalue weighted by Crippen LogP contribution is -2.38. The Bertz CT molecular complexity index is 1590. The molecule has 12 heteroatoms. The van der Waals surface area contributed by atoms with Gasteiger partial charge >= 0.3 is 12.4 Å². The molecule has 6 nitrogen and oxygen atoms in total. The minimum atomic E-state index is -5.11. The third-order valence-corrected chi connectivity index (χ3v) is 6.88. The molecular weight excluding hydrogens is 576 g/mol. The molecule has 0 bridgehead atoms. The average molecular weight is 604 g/mol. The first kappa shape index (κ1) is 31.2. The normalized spacial score (nSPS) is 12.9. The molecule has 0 radical (unpaired) electrons. The van der Waals surface area contributed by atoms with Gasteiger partial charge in [-0.2, -0.15) is 26.3 Å². The Balaban J connectivity index is 1.59. The maximum Gasteiger partial charge on any atom is 0.416 e. The van der Waals surface area contributed by atoms with Crippen molar-refractivity contribution in [3.05, 3.63) is 113 Å². The number of phenolic OH excluding ortho intramolecular Hbond substituents is 1. The van der Waals surface area contributed by atoms with Crippen LogP contribution >= 0.6 is 0 Å². The van der Waals surface area contributed by atoms with Gasteiger partial charge in [0.2, 0.25) is 5.91 Å². The standard InChI is InChI=1S/C31H27F6N3O3/c1-40(29(43)20-14-22(30(32,33)34)17-23(15-20)31(35,36)37)24(16-21-18-39-27-5-3-2-4-26(21)27)8-11-28(42)38-13-12-19-6-9-25(41)10-7-19/h2-11,14-15,17-18,24,39,41H,12-13,16H2,1H3,(H,38,42). The molecule has 0 spiro atoms. The van der Waals surface area contributed by atoms with Crippen molar-refractivity contribution in [3.63, 3.8) is 0 Å². The fraction of sp³-hybridized carbons (Fsp3) is 0.226. The highest BCUT2D eigenvalue weighted by atomic mass is 19.4. The maximum atomic E-state index is 13.4. The highest BCUT2D eigenvalue weighted by Gasteiger charge is 2.38. The minimum Gasteiger partial charge on any atom is -0.508 e. The Labute approximate surface area is 242 Å². The fourth-order valence-corrected chi connectivity index (χ4v) is 4.54. The quantitative estimate of drug-likeness (QED) is 0.151. The number of benzene rings is 3. The molecule has 4 rings (SSSR count). The van der Waals surface area contributed by atoms with Crippen LogP contribution in [0.2, 0.25) is 0 Å². The van der Waals surface area contributed by atoms with Gasteiger partial charge in [0.15, 0.2) is 0 Å². The zero-order valence-corrected chi connectivity index (χ0v) is 22.8. The summed E-state index contributed by atoms with van der Waals surface area (Å²) in [7, 11) is 1.25. The lowest BCUT2D eigenvalue weighted by molar-refractivity contribution is -0.143. The molecule has 0 saturated heterocycles. The number of hydrogen-bond acceptors (Lipinski definition) is 3. The topological polar surface area (TPSA) is 85.4 Å². The highest BCUT2D eigenvalue weighted by Crippen LogP contribution is 2.36. The van der Waals surface area contributed by atoms with E-state index in [1.165, 1.54) is 31.3 Å². The number of halogens is 6. The largest absolute Gasteiger partial charge is 0.508 e. The molecule has 1 atom stereocenters. The van der Waals surface area contributed by atoms with E-state index in [1.54, 1.807) is 24.4 Å². The highest BCUT2D eigenvalue weighted by molar-refractivity contribution is 5.95. The van der Waals surface area contributed by atoms with Gasteiger partial charge in [0.1, 0.15) is 5.75 Å². The summed E-state index contributed by atoms with van der Waals surface area (Å²) in [4.78, 5) is 30.0. The van der Waals surface area contributed by atoms with Crippen LogP contribution < -0.4 is 5.32 Å². The van der Waals surface area contributed by atoms with E-state index in [4.69, 9.17) is 0 Å². The first-order valence-electron chi connectivity index (χ1n) is 13.1. The second-order valence-corrected chi connectivity index (χ2v) is 9.91. The molecule has 1 unspecified atom stereocenters. The van der Waals surface area contributed by atoms with Crippen LogP contribution in [-0.4, -0.2) is 46.4 Å². The third-order valence-electron chi connectivity index (χ3n) is 6.88. The molecule has 226 valence electrons. The Morgan fingerprint density at radius 1 is 0.953 bits per heavy atom. The van der Waals surface area contributed by atoms with Crippen LogP contribution in [0.15, 0.2) is 85.1 Å². The lowest BCUT2D eigenvalue weighted by Gasteiger charge is -2.27. The number of likely N-dealkylation sites (N-methyl/N-ethyl adjacent to an activating group) is 1. The second kappa shape index (κ2) is 12.6. The van der Waals surface area contributed by atoms with Gasteiger partial charge in [-0.05, 0) is 60.4 Å². The number of alkyl halides is 6. The van der Waals surface area contributed by atoms with Crippen LogP contribution in [0.5, 0.6) is 5.75 Å². The first-order valence-corrected chi connectivity index (χ1v) is 13.1. The predicted molar refractivity (Wildman–Crippen MR) is 148 cm³/mol. The van der Waals surface area contributed by atoms with Crippen molar-refractivity contribution in [3.8, 4) is 5.75 Å². The van der Waals surface area contributed by atoms with Crippen LogP contribution in [0, 0.1) is 0 Å². The third kappa shape index (κ3) is 7.97. The number of rotatable bonds is 9. The SMILES string of the molecule is CN(C(=O)c1cc(C(F)(F)F)cc(C(F)(F)F)c1)C(C=CC(=O)NCCc1ccc(O)cc1)Cc1c[nH]c2ccccc12. The fourth-order valence-electron chi connectivity index (χ4n) is 4.54. The monoisotopic (exact) mass is 603 g/mol. The van der Waals surface area contributed by atoms with Gasteiger partial charge in [-0.3, -0.25) is 9.59 Å². The van der Waals surface area contributed by atoms with E-state index in [2.05, 4.69) is 10.3 Å². The number of hydrogen-bond donors (Lipinski definition) is 3. The van der Waals surface area contributed by atoms with Crippen molar-refractivity contribution in [1.29, 1.82) is 0 Å². The number of amides is 2. The molecule has 0 aliphatic heterocycles. The molecule has 0 aliphatic carbocycles. The van der Waals surface area contributed by atoms with Gasteiger partial charge in [-0.15, -0.1) is 0 Å². The molecule has 1 heterocycles. The summed E-state index contributed by atoms with van der Waals surface area (Å²) in [6.45, 7) is 0.250. The van der Waals surface area contributed by atoms with Crippen LogP contribution in [0.3, 0.4) is 0 Å². The molecule has 43 heavy (non-hydrogen) atoms. The smallest absolute Gasteiger partial charge is 0.416 e. The number of phenols is 1. The zero-order valence-electron chi connectivity index (χ0n) is 22.8. The van der Waals surface area contributed by atoms with Crippen LogP contribution in [0.25, 0.3) is 10.9 Å². The van der Waals surface area contributed by atoms with Gasteiger partial charge in [0, 0.05) is 42.3 Å². The molecule has 0 fully saturated rings. The number of aromatic hydroxyl groups is 1. The number of H-pyrrole nitrogens is 1. The number of para-hydroxylation sites is 1. The van der Waals surface area contributed by atoms with Crippen LogP contribution in [0.1, 0.15) is 32.6 Å². The van der Waals surface area contributed by atoms with E-state index in [1.807, 2.05) is 18.2 Å². The zero-order chi connectivity index (χ0) is 31.4. The van der Waals surface area contributed by atoms with Crippen molar-refractivity contribution < 1.29 is 41.0 Å². The number of carbonyl (C=O) groups excluding carboxylic acids is 2. The molecule has 0 saturated carbocycles. The number of aromatic amines is 1. The van der Waals surface area contributed by atoms with Crippen LogP contribution in [-0.2, 0) is 30.0 Å². The van der Waals surface area contributed by atoms with E-state index >= 15 is 0 Å². The predicted octanol–water partition coefficient (Wildman–Crippen LogP) is 6.51. The summed E-state index contributed by atoms with van der Waals surface area (Å²) in [5.41, 5.74) is -1.62. The van der Waals surface area contributed by atoms with Crippen molar-refractivity contribution in [2.45, 2.75) is 31.2 Å². The summed E-state index contributed by atoms with van der Waals surface area (Å²) in [5, 5.41) is 12.9. The molecule has 3 N–H and O–H groups in total.